The number of rotatable bonds is 6. The van der Waals surface area contributed by atoms with Gasteiger partial charge in [0.2, 0.25) is 10.0 Å². The van der Waals surface area contributed by atoms with E-state index in [-0.39, 0.29) is 11.4 Å². The van der Waals surface area contributed by atoms with E-state index in [1.807, 2.05) is 6.07 Å². The Morgan fingerprint density at radius 2 is 1.75 bits per heavy atom. The highest BCUT2D eigenvalue weighted by molar-refractivity contribution is 14.1. The van der Waals surface area contributed by atoms with Crippen LogP contribution in [0, 0.1) is 3.57 Å². The summed E-state index contributed by atoms with van der Waals surface area (Å²) in [7, 11) is -3.91. The number of halogens is 1. The number of amides is 1. The molecule has 0 spiro atoms. The van der Waals surface area contributed by atoms with Gasteiger partial charge in [-0.25, -0.2) is 13.9 Å². The smallest absolute Gasteiger partial charge is 0.261 e. The molecule has 0 radical (unpaired) electrons. The lowest BCUT2D eigenvalue weighted by Gasteiger charge is -2.27. The second-order valence-electron chi connectivity index (χ2n) is 5.14. The van der Waals surface area contributed by atoms with Crippen LogP contribution in [0.15, 0.2) is 59.5 Å². The van der Waals surface area contributed by atoms with E-state index in [4.69, 9.17) is 5.21 Å². The molecule has 2 aromatic carbocycles. The Bertz CT molecular complexity index is 795. The van der Waals surface area contributed by atoms with E-state index >= 15 is 0 Å². The van der Waals surface area contributed by atoms with Crippen molar-refractivity contribution in [1.29, 1.82) is 0 Å². The Hall–Kier alpha value is -1.49. The van der Waals surface area contributed by atoms with E-state index in [0.29, 0.717) is 0 Å². The van der Waals surface area contributed by atoms with Crippen molar-refractivity contribution in [3.05, 3.63) is 63.7 Å². The van der Waals surface area contributed by atoms with Crippen molar-refractivity contribution in [2.24, 2.45) is 0 Å². The van der Waals surface area contributed by atoms with Crippen molar-refractivity contribution in [3.63, 3.8) is 0 Å². The zero-order valence-corrected chi connectivity index (χ0v) is 15.9. The quantitative estimate of drug-likeness (QED) is 0.394. The van der Waals surface area contributed by atoms with Crippen molar-refractivity contribution < 1.29 is 18.4 Å². The van der Waals surface area contributed by atoms with E-state index < -0.39 is 22.0 Å². The number of nitrogens with one attached hydrogen (secondary N) is 1. The van der Waals surface area contributed by atoms with Crippen LogP contribution in [-0.4, -0.2) is 29.9 Å². The van der Waals surface area contributed by atoms with E-state index in [2.05, 4.69) is 22.6 Å². The third-order valence-electron chi connectivity index (χ3n) is 3.52. The zero-order chi connectivity index (χ0) is 17.7. The number of benzene rings is 2. The van der Waals surface area contributed by atoms with Gasteiger partial charge in [0.05, 0.1) is 4.90 Å². The third-order valence-corrected chi connectivity index (χ3v) is 6.17. The summed E-state index contributed by atoms with van der Waals surface area (Å²) in [4.78, 5) is 11.9. The molecule has 2 N–H and O–H groups in total. The van der Waals surface area contributed by atoms with E-state index in [0.717, 1.165) is 13.4 Å². The summed E-state index contributed by atoms with van der Waals surface area (Å²) in [5.41, 5.74) is 2.26. The first kappa shape index (κ1) is 18.8. The lowest BCUT2D eigenvalue weighted by molar-refractivity contribution is -0.132. The van der Waals surface area contributed by atoms with Crippen molar-refractivity contribution in [2.45, 2.75) is 24.4 Å². The highest BCUT2D eigenvalue weighted by Gasteiger charge is 2.33. The summed E-state index contributed by atoms with van der Waals surface area (Å²) in [6, 6.07) is 14.3. The van der Waals surface area contributed by atoms with Gasteiger partial charge in [-0.05, 0) is 59.3 Å². The molecule has 1 unspecified atom stereocenters. The van der Waals surface area contributed by atoms with Gasteiger partial charge in [-0.15, -0.1) is 0 Å². The molecule has 0 bridgehead atoms. The third kappa shape index (κ3) is 4.32. The Balaban J connectivity index is 2.44. The minimum absolute atomic E-state index is 0.0176. The predicted octanol–water partition coefficient (Wildman–Crippen LogP) is 2.38. The summed E-state index contributed by atoms with van der Waals surface area (Å²) >= 11 is 2.09. The molecule has 0 fully saturated rings. The minimum Gasteiger partial charge on any atom is -0.289 e. The van der Waals surface area contributed by atoms with E-state index in [9.17, 15) is 13.2 Å². The standard InChI is InChI=1S/C16H17IN2O4S/c1-12(16(20)18-21)19(11-13-5-3-2-4-6-13)24(22,23)15-9-7-14(17)8-10-15/h2-10,12,21H,11H2,1H3,(H,18,20). The summed E-state index contributed by atoms with van der Waals surface area (Å²) in [5.74, 6) is -0.792. The van der Waals surface area contributed by atoms with E-state index in [1.54, 1.807) is 36.4 Å². The molecule has 8 heteroatoms. The van der Waals surface area contributed by atoms with Crippen molar-refractivity contribution in [1.82, 2.24) is 9.79 Å². The normalized spacial score (nSPS) is 12.8. The predicted molar refractivity (Wildman–Crippen MR) is 97.7 cm³/mol. The zero-order valence-electron chi connectivity index (χ0n) is 12.9. The van der Waals surface area contributed by atoms with Crippen LogP contribution in [0.3, 0.4) is 0 Å². The van der Waals surface area contributed by atoms with Crippen molar-refractivity contribution in [3.8, 4) is 0 Å². The summed E-state index contributed by atoms with van der Waals surface area (Å²) in [6.45, 7) is 1.45. The first-order valence-corrected chi connectivity index (χ1v) is 9.63. The highest BCUT2D eigenvalue weighted by Crippen LogP contribution is 2.22. The van der Waals surface area contributed by atoms with E-state index in [1.165, 1.54) is 24.5 Å². The van der Waals surface area contributed by atoms with Gasteiger partial charge in [-0.1, -0.05) is 30.3 Å². The van der Waals surface area contributed by atoms with Crippen LogP contribution in [0.5, 0.6) is 0 Å². The van der Waals surface area contributed by atoms with Gasteiger partial charge in [0.1, 0.15) is 6.04 Å². The molecular formula is C16H17IN2O4S. The number of carbonyl (C=O) groups is 1. The Labute approximate surface area is 154 Å². The van der Waals surface area contributed by atoms with Gasteiger partial charge in [-0.3, -0.25) is 10.0 Å². The molecule has 0 aliphatic heterocycles. The van der Waals surface area contributed by atoms with Crippen molar-refractivity contribution in [2.75, 3.05) is 0 Å². The summed E-state index contributed by atoms with van der Waals surface area (Å²) in [6.07, 6.45) is 0. The average molecular weight is 460 g/mol. The van der Waals surface area contributed by atoms with Crippen LogP contribution in [0.1, 0.15) is 12.5 Å². The maximum atomic E-state index is 13.0. The number of hydrogen-bond donors (Lipinski definition) is 2. The van der Waals surface area contributed by atoms with Gasteiger partial charge in [0, 0.05) is 10.1 Å². The molecular weight excluding hydrogens is 443 g/mol. The topological polar surface area (TPSA) is 86.7 Å². The van der Waals surface area contributed by atoms with Gasteiger partial charge in [0.25, 0.3) is 5.91 Å². The average Bonchev–Trinajstić information content (AvgIpc) is 2.59. The molecule has 0 aliphatic carbocycles. The monoisotopic (exact) mass is 460 g/mol. The van der Waals surface area contributed by atoms with Gasteiger partial charge >= 0.3 is 0 Å². The maximum absolute atomic E-state index is 13.0. The Kier molecular flexibility index (Phi) is 6.33. The molecule has 0 heterocycles. The molecule has 0 aromatic heterocycles. The molecule has 1 amide bonds. The number of hydrogen-bond acceptors (Lipinski definition) is 4. The summed E-state index contributed by atoms with van der Waals surface area (Å²) in [5, 5.41) is 8.87. The van der Waals surface area contributed by atoms with Gasteiger partial charge in [-0.2, -0.15) is 4.31 Å². The van der Waals surface area contributed by atoms with Crippen LogP contribution in [0.2, 0.25) is 0 Å². The molecule has 2 aromatic rings. The number of nitrogens with zero attached hydrogens (tertiary/aromatic N) is 1. The fourth-order valence-electron chi connectivity index (χ4n) is 2.16. The highest BCUT2D eigenvalue weighted by atomic mass is 127. The maximum Gasteiger partial charge on any atom is 0.261 e. The molecule has 24 heavy (non-hydrogen) atoms. The molecule has 0 aliphatic rings. The van der Waals surface area contributed by atoms with Crippen LogP contribution in [-0.2, 0) is 21.4 Å². The number of carbonyl (C=O) groups excluding carboxylic acids is 1. The van der Waals surface area contributed by atoms with Gasteiger partial charge < -0.3 is 0 Å². The Morgan fingerprint density at radius 3 is 2.29 bits per heavy atom. The molecule has 1 atom stereocenters. The second-order valence-corrected chi connectivity index (χ2v) is 8.28. The molecule has 2 rings (SSSR count). The SMILES string of the molecule is CC(C(=O)NO)N(Cc1ccccc1)S(=O)(=O)c1ccc(I)cc1. The summed E-state index contributed by atoms with van der Waals surface area (Å²) < 4.78 is 27.9. The largest absolute Gasteiger partial charge is 0.289 e. The lowest BCUT2D eigenvalue weighted by atomic mass is 10.2. The van der Waals surface area contributed by atoms with Crippen LogP contribution in [0.25, 0.3) is 0 Å². The first-order chi connectivity index (χ1) is 11.4. The Morgan fingerprint density at radius 1 is 1.17 bits per heavy atom. The van der Waals surface area contributed by atoms with Crippen molar-refractivity contribution >= 4 is 38.5 Å². The minimum atomic E-state index is -3.91. The van der Waals surface area contributed by atoms with Crippen LogP contribution in [0.4, 0.5) is 0 Å². The lowest BCUT2D eigenvalue weighted by Crippen LogP contribution is -2.46. The fraction of sp³-hybridized carbons (Fsp3) is 0.188. The second kappa shape index (κ2) is 8.06. The van der Waals surface area contributed by atoms with Crippen LogP contribution >= 0.6 is 22.6 Å². The number of hydroxylamine groups is 1. The molecule has 0 saturated carbocycles. The first-order valence-electron chi connectivity index (χ1n) is 7.11. The molecule has 6 nitrogen and oxygen atoms in total. The fourth-order valence-corrected chi connectivity index (χ4v) is 4.10. The van der Waals surface area contributed by atoms with Gasteiger partial charge in [0.15, 0.2) is 0 Å². The molecule has 0 saturated heterocycles. The molecule has 128 valence electrons. The van der Waals surface area contributed by atoms with Crippen LogP contribution < -0.4 is 5.48 Å². The number of sulfonamides is 1.